The molecule has 1 aromatic rings. The van der Waals surface area contributed by atoms with Crippen LogP contribution in [0.4, 0.5) is 0 Å². The molecule has 0 spiro atoms. The van der Waals surface area contributed by atoms with Crippen molar-refractivity contribution in [1.82, 2.24) is 25.3 Å². The van der Waals surface area contributed by atoms with Gasteiger partial charge in [-0.3, -0.25) is 14.5 Å². The molecule has 0 radical (unpaired) electrons. The van der Waals surface area contributed by atoms with Gasteiger partial charge < -0.3 is 15.5 Å². The molecule has 1 saturated carbocycles. The standard InChI is InChI=1S/C20H36N6O.HI/c1-6-21-19(22-12-9-13-26-17(3)14-16(2)24-26)23-15-20(10-7-8-11-20)18(27)25(4)5;/h14H,6-13,15H2,1-5H3,(H2,21,22,23);1H. The number of rotatable bonds is 8. The number of amides is 1. The lowest BCUT2D eigenvalue weighted by molar-refractivity contribution is -0.138. The second-order valence-corrected chi connectivity index (χ2v) is 7.81. The first-order valence-electron chi connectivity index (χ1n) is 10.1. The number of hydrogen-bond donors (Lipinski definition) is 2. The van der Waals surface area contributed by atoms with Crippen molar-refractivity contribution in [3.8, 4) is 0 Å². The molecule has 1 aromatic heterocycles. The number of nitrogens with one attached hydrogen (secondary N) is 2. The highest BCUT2D eigenvalue weighted by atomic mass is 127. The highest BCUT2D eigenvalue weighted by Crippen LogP contribution is 2.39. The third-order valence-electron chi connectivity index (χ3n) is 5.25. The molecule has 2 rings (SSSR count). The zero-order valence-electron chi connectivity index (χ0n) is 18.0. The molecule has 0 bridgehead atoms. The minimum Gasteiger partial charge on any atom is -0.357 e. The fourth-order valence-electron chi connectivity index (χ4n) is 3.87. The van der Waals surface area contributed by atoms with Crippen LogP contribution in [0.5, 0.6) is 0 Å². The number of aryl methyl sites for hydroxylation is 3. The second kappa shape index (κ2) is 11.6. The van der Waals surface area contributed by atoms with Gasteiger partial charge in [0.25, 0.3) is 0 Å². The summed E-state index contributed by atoms with van der Waals surface area (Å²) in [6.45, 7) is 9.22. The van der Waals surface area contributed by atoms with Crippen LogP contribution in [0.25, 0.3) is 0 Å². The number of nitrogens with zero attached hydrogens (tertiary/aromatic N) is 4. The van der Waals surface area contributed by atoms with Crippen molar-refractivity contribution in [1.29, 1.82) is 0 Å². The van der Waals surface area contributed by atoms with Crippen molar-refractivity contribution in [2.45, 2.75) is 59.4 Å². The molecule has 0 saturated heterocycles. The number of carbonyl (C=O) groups excluding carboxylic acids is 1. The summed E-state index contributed by atoms with van der Waals surface area (Å²) in [5.41, 5.74) is 1.93. The Bertz CT molecular complexity index is 649. The fourth-order valence-corrected chi connectivity index (χ4v) is 3.87. The van der Waals surface area contributed by atoms with Gasteiger partial charge in [0.15, 0.2) is 5.96 Å². The summed E-state index contributed by atoms with van der Waals surface area (Å²) in [5.74, 6) is 1.01. The fraction of sp³-hybridized carbons (Fsp3) is 0.750. The zero-order chi connectivity index (χ0) is 19.9. The molecule has 28 heavy (non-hydrogen) atoms. The van der Waals surface area contributed by atoms with Gasteiger partial charge in [0.05, 0.1) is 17.7 Å². The van der Waals surface area contributed by atoms with E-state index < -0.39 is 0 Å². The molecular formula is C20H37IN6O. The van der Waals surface area contributed by atoms with E-state index in [0.29, 0.717) is 6.54 Å². The van der Waals surface area contributed by atoms with Crippen LogP contribution in [-0.4, -0.2) is 60.3 Å². The highest BCUT2D eigenvalue weighted by molar-refractivity contribution is 14.0. The first-order valence-corrected chi connectivity index (χ1v) is 10.1. The average Bonchev–Trinajstić information content (AvgIpc) is 3.22. The molecule has 160 valence electrons. The van der Waals surface area contributed by atoms with E-state index in [9.17, 15) is 4.79 Å². The molecule has 8 heteroatoms. The molecule has 1 amide bonds. The van der Waals surface area contributed by atoms with Gasteiger partial charge in [0.2, 0.25) is 5.91 Å². The summed E-state index contributed by atoms with van der Waals surface area (Å²) < 4.78 is 2.05. The quantitative estimate of drug-likeness (QED) is 0.247. The number of guanidine groups is 1. The minimum atomic E-state index is -0.324. The smallest absolute Gasteiger partial charge is 0.230 e. The third-order valence-corrected chi connectivity index (χ3v) is 5.25. The van der Waals surface area contributed by atoms with Gasteiger partial charge >= 0.3 is 0 Å². The van der Waals surface area contributed by atoms with Gasteiger partial charge in [-0.25, -0.2) is 0 Å². The highest BCUT2D eigenvalue weighted by Gasteiger charge is 2.42. The van der Waals surface area contributed by atoms with Crippen LogP contribution >= 0.6 is 24.0 Å². The second-order valence-electron chi connectivity index (χ2n) is 7.81. The van der Waals surface area contributed by atoms with Crippen molar-refractivity contribution in [3.63, 3.8) is 0 Å². The Morgan fingerprint density at radius 2 is 1.96 bits per heavy atom. The van der Waals surface area contributed by atoms with Crippen molar-refractivity contribution in [2.24, 2.45) is 10.4 Å². The zero-order valence-corrected chi connectivity index (χ0v) is 20.4. The van der Waals surface area contributed by atoms with E-state index in [4.69, 9.17) is 4.99 Å². The Balaban J connectivity index is 0.00000392. The van der Waals surface area contributed by atoms with Gasteiger partial charge in [-0.05, 0) is 46.1 Å². The Morgan fingerprint density at radius 1 is 1.29 bits per heavy atom. The number of aliphatic imine (C=N–C) groups is 1. The van der Waals surface area contributed by atoms with Gasteiger partial charge in [0, 0.05) is 39.4 Å². The lowest BCUT2D eigenvalue weighted by atomic mass is 9.85. The van der Waals surface area contributed by atoms with E-state index in [-0.39, 0.29) is 35.3 Å². The third kappa shape index (κ3) is 6.63. The maximum Gasteiger partial charge on any atom is 0.230 e. The van der Waals surface area contributed by atoms with Crippen molar-refractivity contribution >= 4 is 35.8 Å². The van der Waals surface area contributed by atoms with Crippen molar-refractivity contribution in [3.05, 3.63) is 17.5 Å². The Kier molecular flexibility index (Phi) is 10.3. The molecule has 7 nitrogen and oxygen atoms in total. The lowest BCUT2D eigenvalue weighted by Crippen LogP contribution is -2.43. The Hall–Kier alpha value is -1.32. The van der Waals surface area contributed by atoms with E-state index in [1.165, 1.54) is 5.69 Å². The number of hydrogen-bond acceptors (Lipinski definition) is 3. The summed E-state index contributed by atoms with van der Waals surface area (Å²) in [7, 11) is 3.68. The SMILES string of the molecule is CCNC(=NCC1(C(=O)N(C)C)CCCC1)NCCCn1nc(C)cc1C.I. The topological polar surface area (TPSA) is 74.6 Å². The molecule has 2 N–H and O–H groups in total. The van der Waals surface area contributed by atoms with Crippen molar-refractivity contribution < 1.29 is 4.79 Å². The minimum absolute atomic E-state index is 0. The van der Waals surface area contributed by atoms with Crippen LogP contribution in [0.2, 0.25) is 0 Å². The number of halogens is 1. The number of aromatic nitrogens is 2. The average molecular weight is 504 g/mol. The van der Waals surface area contributed by atoms with E-state index >= 15 is 0 Å². The lowest BCUT2D eigenvalue weighted by Gasteiger charge is -2.29. The van der Waals surface area contributed by atoms with Crippen LogP contribution in [0, 0.1) is 19.3 Å². The van der Waals surface area contributed by atoms with Crippen molar-refractivity contribution in [2.75, 3.05) is 33.7 Å². The van der Waals surface area contributed by atoms with Gasteiger partial charge in [-0.15, -0.1) is 24.0 Å². The summed E-state index contributed by atoms with van der Waals surface area (Å²) in [4.78, 5) is 19.2. The number of carbonyl (C=O) groups is 1. The van der Waals surface area contributed by atoms with Crippen LogP contribution < -0.4 is 10.6 Å². The van der Waals surface area contributed by atoms with Gasteiger partial charge in [-0.2, -0.15) is 5.10 Å². The summed E-state index contributed by atoms with van der Waals surface area (Å²) in [6, 6.07) is 2.10. The molecule has 1 aliphatic rings. The normalized spacial score (nSPS) is 15.8. The predicted molar refractivity (Wildman–Crippen MR) is 125 cm³/mol. The molecule has 1 fully saturated rings. The molecular weight excluding hydrogens is 467 g/mol. The van der Waals surface area contributed by atoms with E-state index in [0.717, 1.165) is 63.4 Å². The largest absolute Gasteiger partial charge is 0.357 e. The van der Waals surface area contributed by atoms with Gasteiger partial charge in [0.1, 0.15) is 0 Å². The van der Waals surface area contributed by atoms with E-state index in [1.807, 2.05) is 25.7 Å². The van der Waals surface area contributed by atoms with Crippen LogP contribution in [0.3, 0.4) is 0 Å². The van der Waals surface area contributed by atoms with E-state index in [2.05, 4.69) is 35.6 Å². The summed E-state index contributed by atoms with van der Waals surface area (Å²) >= 11 is 0. The van der Waals surface area contributed by atoms with Gasteiger partial charge in [-0.1, -0.05) is 12.8 Å². The first-order chi connectivity index (χ1) is 12.9. The monoisotopic (exact) mass is 504 g/mol. The predicted octanol–water partition coefficient (Wildman–Crippen LogP) is 2.71. The van der Waals surface area contributed by atoms with Crippen LogP contribution in [-0.2, 0) is 11.3 Å². The molecule has 0 aliphatic heterocycles. The first kappa shape index (κ1) is 24.7. The summed E-state index contributed by atoms with van der Waals surface area (Å²) in [6.07, 6.45) is 5.06. The van der Waals surface area contributed by atoms with E-state index in [1.54, 1.807) is 4.90 Å². The maximum absolute atomic E-state index is 12.7. The molecule has 1 aliphatic carbocycles. The van der Waals surface area contributed by atoms with Crippen LogP contribution in [0.15, 0.2) is 11.1 Å². The Labute approximate surface area is 186 Å². The molecule has 0 aromatic carbocycles. The van der Waals surface area contributed by atoms with Crippen LogP contribution in [0.1, 0.15) is 50.4 Å². The molecule has 0 atom stereocenters. The summed E-state index contributed by atoms with van der Waals surface area (Å²) in [5, 5.41) is 11.2. The maximum atomic E-state index is 12.7. The Morgan fingerprint density at radius 3 is 2.50 bits per heavy atom. The molecule has 1 heterocycles. The molecule has 0 unspecified atom stereocenters.